The van der Waals surface area contributed by atoms with Gasteiger partial charge in [-0.3, -0.25) is 0 Å². The van der Waals surface area contributed by atoms with Gasteiger partial charge in [-0.15, -0.1) is 0 Å². The maximum Gasteiger partial charge on any atom is 0.326 e. The summed E-state index contributed by atoms with van der Waals surface area (Å²) < 4.78 is 26.8. The van der Waals surface area contributed by atoms with Gasteiger partial charge in [0.25, 0.3) is 0 Å². The standard InChI is InChI=1S/C11H25N3O3S/c1-3-5-7-9-14(10-8-6-4-2)18(16,17)13-11(12)15/h3-10H2,1-2H3,(H3,12,13,15). The summed E-state index contributed by atoms with van der Waals surface area (Å²) in [7, 11) is -3.77. The molecule has 0 saturated heterocycles. The second-order valence-electron chi connectivity index (χ2n) is 4.28. The molecule has 0 fully saturated rings. The Balaban J connectivity index is 4.46. The van der Waals surface area contributed by atoms with E-state index in [1.807, 2.05) is 4.72 Å². The van der Waals surface area contributed by atoms with Crippen LogP contribution < -0.4 is 10.5 Å². The molecule has 7 heteroatoms. The Hall–Kier alpha value is -0.820. The Morgan fingerprint density at radius 2 is 1.50 bits per heavy atom. The molecule has 108 valence electrons. The van der Waals surface area contributed by atoms with E-state index in [1.165, 1.54) is 4.31 Å². The number of hydrogen-bond donors (Lipinski definition) is 2. The lowest BCUT2D eigenvalue weighted by Crippen LogP contribution is -2.46. The quantitative estimate of drug-likeness (QED) is 0.595. The molecule has 2 amide bonds. The summed E-state index contributed by atoms with van der Waals surface area (Å²) in [5, 5.41) is 0. The predicted molar refractivity (Wildman–Crippen MR) is 72.3 cm³/mol. The fourth-order valence-corrected chi connectivity index (χ4v) is 2.74. The van der Waals surface area contributed by atoms with E-state index in [0.717, 1.165) is 38.5 Å². The number of carbonyl (C=O) groups is 1. The lowest BCUT2D eigenvalue weighted by molar-refractivity contribution is 0.252. The fraction of sp³-hybridized carbons (Fsp3) is 0.909. The molecule has 0 bridgehead atoms. The number of unbranched alkanes of at least 4 members (excludes halogenated alkanes) is 4. The summed E-state index contributed by atoms with van der Waals surface area (Å²) in [5.74, 6) is 0. The molecule has 0 aromatic heterocycles. The highest BCUT2D eigenvalue weighted by Gasteiger charge is 2.22. The molecule has 0 aliphatic carbocycles. The molecule has 0 rings (SSSR count). The third-order valence-electron chi connectivity index (χ3n) is 2.59. The van der Waals surface area contributed by atoms with Gasteiger partial charge in [-0.05, 0) is 12.8 Å². The van der Waals surface area contributed by atoms with Gasteiger partial charge in [0.1, 0.15) is 0 Å². The SMILES string of the molecule is CCCCCN(CCCCC)S(=O)(=O)NC(N)=O. The molecule has 6 nitrogen and oxygen atoms in total. The maximum atomic E-state index is 11.8. The van der Waals surface area contributed by atoms with Gasteiger partial charge >= 0.3 is 16.2 Å². The summed E-state index contributed by atoms with van der Waals surface area (Å²) >= 11 is 0. The summed E-state index contributed by atoms with van der Waals surface area (Å²) in [6.45, 7) is 4.97. The molecule has 3 N–H and O–H groups in total. The van der Waals surface area contributed by atoms with Crippen LogP contribution in [0.3, 0.4) is 0 Å². The van der Waals surface area contributed by atoms with Crippen LogP contribution >= 0.6 is 0 Å². The number of nitrogens with zero attached hydrogens (tertiary/aromatic N) is 1. The zero-order valence-corrected chi connectivity index (χ0v) is 12.1. The summed E-state index contributed by atoms with van der Waals surface area (Å²) in [6, 6.07) is -1.04. The molecule has 0 aromatic rings. The number of amides is 2. The maximum absolute atomic E-state index is 11.8. The highest BCUT2D eigenvalue weighted by molar-refractivity contribution is 7.87. The van der Waals surface area contributed by atoms with Crippen molar-refractivity contribution in [1.82, 2.24) is 9.03 Å². The third-order valence-corrected chi connectivity index (χ3v) is 4.10. The Morgan fingerprint density at radius 1 is 1.06 bits per heavy atom. The van der Waals surface area contributed by atoms with Crippen LogP contribution in [0.15, 0.2) is 0 Å². The van der Waals surface area contributed by atoms with Crippen molar-refractivity contribution in [3.05, 3.63) is 0 Å². The molecule has 0 heterocycles. The van der Waals surface area contributed by atoms with Crippen molar-refractivity contribution in [1.29, 1.82) is 0 Å². The van der Waals surface area contributed by atoms with Gasteiger partial charge in [-0.1, -0.05) is 39.5 Å². The summed E-state index contributed by atoms with van der Waals surface area (Å²) in [5.41, 5.74) is 4.87. The Bertz CT molecular complexity index is 320. The van der Waals surface area contributed by atoms with Crippen molar-refractivity contribution in [2.45, 2.75) is 52.4 Å². The highest BCUT2D eigenvalue weighted by Crippen LogP contribution is 2.06. The van der Waals surface area contributed by atoms with Crippen molar-refractivity contribution in [2.24, 2.45) is 5.73 Å². The third kappa shape index (κ3) is 7.50. The first-order valence-electron chi connectivity index (χ1n) is 6.51. The van der Waals surface area contributed by atoms with Gasteiger partial charge in [0.2, 0.25) is 0 Å². The van der Waals surface area contributed by atoms with Gasteiger partial charge in [0.15, 0.2) is 0 Å². The van der Waals surface area contributed by atoms with Crippen LogP contribution in [0.5, 0.6) is 0 Å². The minimum atomic E-state index is -3.77. The van der Waals surface area contributed by atoms with Gasteiger partial charge in [-0.2, -0.15) is 12.7 Å². The van der Waals surface area contributed by atoms with Crippen LogP contribution in [0.25, 0.3) is 0 Å². The topological polar surface area (TPSA) is 92.5 Å². The Kier molecular flexibility index (Phi) is 8.74. The van der Waals surface area contributed by atoms with Crippen molar-refractivity contribution < 1.29 is 13.2 Å². The van der Waals surface area contributed by atoms with E-state index in [1.54, 1.807) is 0 Å². The molecule has 0 saturated carbocycles. The molecular weight excluding hydrogens is 254 g/mol. The molecule has 0 spiro atoms. The zero-order valence-electron chi connectivity index (χ0n) is 11.3. The normalized spacial score (nSPS) is 11.7. The number of carbonyl (C=O) groups excluding carboxylic acids is 1. The minimum absolute atomic E-state index is 0.431. The van der Waals surface area contributed by atoms with E-state index >= 15 is 0 Å². The summed E-state index contributed by atoms with van der Waals surface area (Å²) in [6.07, 6.45) is 5.57. The minimum Gasteiger partial charge on any atom is -0.351 e. The van der Waals surface area contributed by atoms with Crippen LogP contribution in [0.2, 0.25) is 0 Å². The number of rotatable bonds is 10. The van der Waals surface area contributed by atoms with Crippen molar-refractivity contribution in [2.75, 3.05) is 13.1 Å². The van der Waals surface area contributed by atoms with Gasteiger partial charge < -0.3 is 5.73 Å². The van der Waals surface area contributed by atoms with Crippen LogP contribution in [-0.4, -0.2) is 31.8 Å². The second kappa shape index (κ2) is 9.16. The molecule has 0 atom stereocenters. The highest BCUT2D eigenvalue weighted by atomic mass is 32.2. The molecule has 18 heavy (non-hydrogen) atoms. The smallest absolute Gasteiger partial charge is 0.326 e. The van der Waals surface area contributed by atoms with E-state index in [4.69, 9.17) is 5.73 Å². The van der Waals surface area contributed by atoms with Crippen molar-refractivity contribution in [3.63, 3.8) is 0 Å². The summed E-state index contributed by atoms with van der Waals surface area (Å²) in [4.78, 5) is 10.7. The zero-order chi connectivity index (χ0) is 14.0. The molecule has 0 aromatic carbocycles. The largest absolute Gasteiger partial charge is 0.351 e. The van der Waals surface area contributed by atoms with Crippen molar-refractivity contribution in [3.8, 4) is 0 Å². The first kappa shape index (κ1) is 17.2. The van der Waals surface area contributed by atoms with Crippen molar-refractivity contribution >= 4 is 16.2 Å². The average Bonchev–Trinajstić information content (AvgIpc) is 2.25. The van der Waals surface area contributed by atoms with E-state index < -0.39 is 16.2 Å². The Morgan fingerprint density at radius 3 is 1.83 bits per heavy atom. The number of hydrogen-bond acceptors (Lipinski definition) is 3. The first-order valence-corrected chi connectivity index (χ1v) is 7.95. The number of primary amides is 1. The van der Waals surface area contributed by atoms with E-state index in [-0.39, 0.29) is 0 Å². The van der Waals surface area contributed by atoms with E-state index in [2.05, 4.69) is 13.8 Å². The number of urea groups is 1. The second-order valence-corrected chi connectivity index (χ2v) is 5.96. The van der Waals surface area contributed by atoms with Crippen LogP contribution in [-0.2, 0) is 10.2 Å². The average molecular weight is 279 g/mol. The molecule has 0 aliphatic rings. The van der Waals surface area contributed by atoms with Gasteiger partial charge in [0, 0.05) is 13.1 Å². The van der Waals surface area contributed by atoms with E-state index in [9.17, 15) is 13.2 Å². The van der Waals surface area contributed by atoms with Gasteiger partial charge in [0.05, 0.1) is 0 Å². The lowest BCUT2D eigenvalue weighted by Gasteiger charge is -2.21. The van der Waals surface area contributed by atoms with Crippen LogP contribution in [0.4, 0.5) is 4.79 Å². The van der Waals surface area contributed by atoms with Gasteiger partial charge in [-0.25, -0.2) is 9.52 Å². The van der Waals surface area contributed by atoms with Crippen LogP contribution in [0.1, 0.15) is 52.4 Å². The van der Waals surface area contributed by atoms with E-state index in [0.29, 0.717) is 13.1 Å². The number of nitrogens with one attached hydrogen (secondary N) is 1. The van der Waals surface area contributed by atoms with Crippen LogP contribution in [0, 0.1) is 0 Å². The molecule has 0 radical (unpaired) electrons. The fourth-order valence-electron chi connectivity index (χ4n) is 1.62. The lowest BCUT2D eigenvalue weighted by atomic mass is 10.2. The molecule has 0 aliphatic heterocycles. The molecular formula is C11H25N3O3S. The number of nitrogens with two attached hydrogens (primary N) is 1. The predicted octanol–water partition coefficient (Wildman–Crippen LogP) is 1.58. The Labute approximate surface area is 110 Å². The monoisotopic (exact) mass is 279 g/mol. The first-order chi connectivity index (χ1) is 8.44. The molecule has 0 unspecified atom stereocenters.